The van der Waals surface area contributed by atoms with E-state index in [-0.39, 0.29) is 13.2 Å². The number of aromatic nitrogens is 1. The molecule has 23 heteroatoms. The number of pyridine rings is 1. The first-order chi connectivity index (χ1) is 23.4. The Morgan fingerprint density at radius 2 is 1.14 bits per heavy atom. The van der Waals surface area contributed by atoms with Crippen molar-refractivity contribution >= 4 is 40.5 Å². The van der Waals surface area contributed by atoms with Gasteiger partial charge in [0.05, 0.1) is 33.0 Å². The minimum Gasteiger partial charge on any atom is -0.493 e. The molecule has 0 spiro atoms. The average Bonchev–Trinajstić information content (AvgIpc) is 3.02. The quantitative estimate of drug-likeness (QED) is 0.0686. The zero-order valence-electron chi connectivity index (χ0n) is 27.0. The van der Waals surface area contributed by atoms with Crippen molar-refractivity contribution in [1.82, 2.24) is 9.88 Å². The summed E-state index contributed by atoms with van der Waals surface area (Å²) in [6, 6.07) is 5.83. The predicted molar refractivity (Wildman–Crippen MR) is 170 cm³/mol. The number of benzene rings is 1. The molecule has 8 N–H and O–H groups in total. The first kappa shape index (κ1) is 48.1. The van der Waals surface area contributed by atoms with E-state index in [0.717, 1.165) is 36.1 Å². The first-order valence-electron chi connectivity index (χ1n) is 13.5. The lowest BCUT2D eigenvalue weighted by atomic mass is 10.1. The molecule has 1 aromatic heterocycles. The highest BCUT2D eigenvalue weighted by Crippen LogP contribution is 2.35. The highest BCUT2D eigenvalue weighted by atomic mass is 16.9. The van der Waals surface area contributed by atoms with Gasteiger partial charge in [0.25, 0.3) is 10.2 Å². The SMILES string of the molecule is COc1cc2nccc(N(C)CCCN(CCO)CCO)c2cc1OC.O=C(O)/C=C/C(=O)O.O=C(O)/C=C/C(=O)O.O=[N+]([O-])O.O=[N+]([O-])O. The van der Waals surface area contributed by atoms with Crippen molar-refractivity contribution in [3.8, 4) is 11.5 Å². The Bertz CT molecular complexity index is 1330. The molecule has 0 bridgehead atoms. The molecule has 23 nitrogen and oxygen atoms in total. The zero-order valence-corrected chi connectivity index (χ0v) is 27.0. The normalized spacial score (nSPS) is 9.80. The Morgan fingerprint density at radius 3 is 1.48 bits per heavy atom. The van der Waals surface area contributed by atoms with E-state index >= 15 is 0 Å². The summed E-state index contributed by atoms with van der Waals surface area (Å²) < 4.78 is 10.8. The number of anilines is 1. The number of rotatable bonds is 15. The van der Waals surface area contributed by atoms with Crippen LogP contribution < -0.4 is 14.4 Å². The van der Waals surface area contributed by atoms with Gasteiger partial charge in [0, 0.05) is 80.9 Å². The van der Waals surface area contributed by atoms with E-state index in [1.807, 2.05) is 25.2 Å². The van der Waals surface area contributed by atoms with E-state index in [9.17, 15) is 19.2 Å². The van der Waals surface area contributed by atoms with Crippen LogP contribution in [0.5, 0.6) is 11.5 Å². The number of nitrogens with zero attached hydrogens (tertiary/aromatic N) is 5. The van der Waals surface area contributed by atoms with Gasteiger partial charge >= 0.3 is 23.9 Å². The molecule has 0 saturated carbocycles. The topological polar surface area (TPSA) is 354 Å². The molecular formula is C27H39N5O18. The van der Waals surface area contributed by atoms with Gasteiger partial charge in [-0.1, -0.05) is 0 Å². The minimum atomic E-state index is -1.50. The zero-order chi connectivity index (χ0) is 39.2. The second kappa shape index (κ2) is 28.9. The van der Waals surface area contributed by atoms with Gasteiger partial charge in [0.2, 0.25) is 0 Å². The molecule has 1 aromatic carbocycles. The summed E-state index contributed by atoms with van der Waals surface area (Å²) in [5.74, 6) is -3.68. The van der Waals surface area contributed by atoms with Gasteiger partial charge in [-0.3, -0.25) is 9.88 Å². The van der Waals surface area contributed by atoms with Crippen LogP contribution in [0.1, 0.15) is 6.42 Å². The lowest BCUT2D eigenvalue weighted by molar-refractivity contribution is -0.742. The number of carboxylic acid groups (broad SMARTS) is 4. The van der Waals surface area contributed by atoms with E-state index in [1.54, 1.807) is 20.4 Å². The van der Waals surface area contributed by atoms with Gasteiger partial charge in [0.15, 0.2) is 11.5 Å². The summed E-state index contributed by atoms with van der Waals surface area (Å²) in [7, 11) is 5.29. The molecule has 0 atom stereocenters. The molecule has 0 aliphatic rings. The van der Waals surface area contributed by atoms with Crippen molar-refractivity contribution in [2.24, 2.45) is 0 Å². The number of hydrogen-bond donors (Lipinski definition) is 8. The van der Waals surface area contributed by atoms with E-state index in [2.05, 4.69) is 14.8 Å². The number of aliphatic hydroxyl groups is 2. The molecule has 0 amide bonds. The van der Waals surface area contributed by atoms with Crippen molar-refractivity contribution < 1.29 is 79.9 Å². The second-order valence-corrected chi connectivity index (χ2v) is 8.61. The van der Waals surface area contributed by atoms with Crippen molar-refractivity contribution in [3.05, 3.63) is 68.9 Å². The lowest BCUT2D eigenvalue weighted by Gasteiger charge is -2.24. The summed E-state index contributed by atoms with van der Waals surface area (Å²) >= 11 is 0. The largest absolute Gasteiger partial charge is 0.493 e. The molecule has 0 aliphatic carbocycles. The number of hydrogen-bond acceptors (Lipinski definition) is 15. The van der Waals surface area contributed by atoms with Crippen LogP contribution in [0, 0.1) is 20.2 Å². The monoisotopic (exact) mass is 721 g/mol. The molecule has 0 radical (unpaired) electrons. The second-order valence-electron chi connectivity index (χ2n) is 8.61. The molecule has 280 valence electrons. The Labute approximate surface area is 283 Å². The average molecular weight is 722 g/mol. The van der Waals surface area contributed by atoms with E-state index in [0.29, 0.717) is 48.9 Å². The Kier molecular flexibility index (Phi) is 27.7. The van der Waals surface area contributed by atoms with Crippen LogP contribution >= 0.6 is 0 Å². The highest BCUT2D eigenvalue weighted by molar-refractivity contribution is 5.94. The molecule has 2 rings (SSSR count). The number of carbonyl (C=O) groups is 4. The number of fused-ring (bicyclic) bond motifs is 1. The van der Waals surface area contributed by atoms with Crippen LogP contribution in [-0.2, 0) is 19.2 Å². The fourth-order valence-corrected chi connectivity index (χ4v) is 3.35. The van der Waals surface area contributed by atoms with Crippen molar-refractivity contribution in [1.29, 1.82) is 0 Å². The maximum absolute atomic E-state index is 9.55. The van der Waals surface area contributed by atoms with Gasteiger partial charge in [-0.25, -0.2) is 19.2 Å². The number of methoxy groups -OCH3 is 2. The Hall–Kier alpha value is -6.33. The third-order valence-electron chi connectivity index (χ3n) is 5.17. The lowest BCUT2D eigenvalue weighted by Crippen LogP contribution is -2.32. The van der Waals surface area contributed by atoms with E-state index in [1.165, 1.54) is 0 Å². The maximum atomic E-state index is 9.55. The molecule has 0 unspecified atom stereocenters. The molecule has 0 saturated heterocycles. The minimum absolute atomic E-state index is 0.104. The number of carboxylic acids is 4. The third-order valence-corrected chi connectivity index (χ3v) is 5.17. The Balaban J connectivity index is -0.000000747. The van der Waals surface area contributed by atoms with Gasteiger partial charge in [-0.15, -0.1) is 20.2 Å². The number of aliphatic hydroxyl groups excluding tert-OH is 2. The summed E-state index contributed by atoms with van der Waals surface area (Å²) in [6.45, 7) is 3.05. The predicted octanol–water partition coefficient (Wildman–Crippen LogP) is 0.0931. The van der Waals surface area contributed by atoms with Gasteiger partial charge in [-0.2, -0.15) is 0 Å². The third kappa shape index (κ3) is 27.9. The standard InChI is InChI=1S/C19H29N3O4.2C4H4O4.2HNO3/c1-21(7-4-8-22(9-11-23)10-12-24)17-5-6-20-16-14-19(26-3)18(25-2)13-15(16)17;2*5-3(6)1-2-4(7)8;2*2-1(3)4/h5-6,13-14,23-24H,4,7-12H2,1-3H3;2*1-2H,(H,5,6)(H,7,8);2*(H,2,3,4)/b;2*2-1+;;. The van der Waals surface area contributed by atoms with Gasteiger partial charge in [0.1, 0.15) is 0 Å². The van der Waals surface area contributed by atoms with Crippen LogP contribution in [0.4, 0.5) is 5.69 Å². The fourth-order valence-electron chi connectivity index (χ4n) is 3.35. The first-order valence-corrected chi connectivity index (χ1v) is 13.5. The molecule has 50 heavy (non-hydrogen) atoms. The summed E-state index contributed by atoms with van der Waals surface area (Å²) in [6.07, 6.45) is 4.95. The molecule has 0 fully saturated rings. The van der Waals surface area contributed by atoms with Crippen LogP contribution in [0.3, 0.4) is 0 Å². The number of ether oxygens (including phenoxy) is 2. The van der Waals surface area contributed by atoms with Crippen molar-refractivity contribution in [3.63, 3.8) is 0 Å². The van der Waals surface area contributed by atoms with Crippen LogP contribution in [0.2, 0.25) is 0 Å². The molecule has 0 aliphatic heterocycles. The van der Waals surface area contributed by atoms with Crippen molar-refractivity contribution in [2.75, 3.05) is 65.6 Å². The fraction of sp³-hybridized carbons (Fsp3) is 0.370. The Morgan fingerprint density at radius 1 is 0.760 bits per heavy atom. The van der Waals surface area contributed by atoms with E-state index < -0.39 is 34.1 Å². The summed E-state index contributed by atoms with van der Waals surface area (Å²) in [5.41, 5.74) is 1.93. The van der Waals surface area contributed by atoms with Crippen LogP contribution in [0.25, 0.3) is 10.9 Å². The van der Waals surface area contributed by atoms with E-state index in [4.69, 9.17) is 70.8 Å². The molecular weight excluding hydrogens is 682 g/mol. The maximum Gasteiger partial charge on any atom is 0.328 e. The summed E-state index contributed by atoms with van der Waals surface area (Å²) in [5, 5.41) is 77.7. The molecule has 2 aromatic rings. The van der Waals surface area contributed by atoms with Gasteiger partial charge < -0.3 is 55.4 Å². The smallest absolute Gasteiger partial charge is 0.328 e. The summed E-state index contributed by atoms with van der Waals surface area (Å²) in [4.78, 5) is 63.6. The molecule has 1 heterocycles. The highest BCUT2D eigenvalue weighted by Gasteiger charge is 2.13. The van der Waals surface area contributed by atoms with Crippen LogP contribution in [0.15, 0.2) is 48.7 Å². The van der Waals surface area contributed by atoms with Crippen LogP contribution in [-0.4, -0.2) is 146 Å². The van der Waals surface area contributed by atoms with Crippen molar-refractivity contribution in [2.45, 2.75) is 6.42 Å². The number of aliphatic carboxylic acids is 4. The van der Waals surface area contributed by atoms with Gasteiger partial charge in [-0.05, 0) is 18.6 Å².